The van der Waals surface area contributed by atoms with Gasteiger partial charge in [-0.05, 0) is 35.8 Å². The van der Waals surface area contributed by atoms with Gasteiger partial charge in [0.1, 0.15) is 0 Å². The van der Waals surface area contributed by atoms with Crippen LogP contribution in [-0.2, 0) is 15.0 Å². The topological polar surface area (TPSA) is 58.2 Å². The summed E-state index contributed by atoms with van der Waals surface area (Å²) < 4.78 is 0. The first-order valence-electron chi connectivity index (χ1n) is 8.50. The molecule has 0 unspecified atom stereocenters. The van der Waals surface area contributed by atoms with Crippen molar-refractivity contribution in [2.24, 2.45) is 5.92 Å². The Hall–Kier alpha value is -1.84. The molecule has 4 nitrogen and oxygen atoms in total. The smallest absolute Gasteiger partial charge is 0.313 e. The first kappa shape index (κ1) is 17.5. The van der Waals surface area contributed by atoms with Crippen LogP contribution in [0.5, 0.6) is 0 Å². The van der Waals surface area contributed by atoms with E-state index in [9.17, 15) is 9.59 Å². The number of benzene rings is 1. The summed E-state index contributed by atoms with van der Waals surface area (Å²) in [4.78, 5) is 24.4. The predicted octanol–water partition coefficient (Wildman–Crippen LogP) is 3.62. The summed E-state index contributed by atoms with van der Waals surface area (Å²) in [6.07, 6.45) is 4.39. The van der Waals surface area contributed by atoms with Crippen LogP contribution in [0.3, 0.4) is 0 Å². The number of carbonyl (C=O) groups is 2. The maximum atomic E-state index is 12.2. The Morgan fingerprint density at radius 2 is 1.70 bits per heavy atom. The van der Waals surface area contributed by atoms with E-state index in [4.69, 9.17) is 0 Å². The van der Waals surface area contributed by atoms with E-state index in [1.54, 1.807) is 0 Å². The number of anilines is 1. The maximum Gasteiger partial charge on any atom is 0.313 e. The van der Waals surface area contributed by atoms with Crippen molar-refractivity contribution in [2.45, 2.75) is 64.8 Å². The molecule has 0 spiro atoms. The van der Waals surface area contributed by atoms with Crippen LogP contribution in [0.15, 0.2) is 24.3 Å². The van der Waals surface area contributed by atoms with Gasteiger partial charge in [-0.25, -0.2) is 0 Å². The van der Waals surface area contributed by atoms with Gasteiger partial charge in [-0.3, -0.25) is 9.59 Å². The van der Waals surface area contributed by atoms with Crippen LogP contribution < -0.4 is 10.6 Å². The Bertz CT molecular complexity index is 575. The highest BCUT2D eigenvalue weighted by Gasteiger charge is 2.26. The van der Waals surface area contributed by atoms with E-state index in [-0.39, 0.29) is 11.5 Å². The van der Waals surface area contributed by atoms with Crippen molar-refractivity contribution in [3.63, 3.8) is 0 Å². The summed E-state index contributed by atoms with van der Waals surface area (Å²) in [5.41, 5.74) is 1.63. The van der Waals surface area contributed by atoms with Crippen molar-refractivity contribution in [1.29, 1.82) is 0 Å². The molecule has 4 heteroatoms. The van der Waals surface area contributed by atoms with Crippen molar-refractivity contribution in [3.05, 3.63) is 29.8 Å². The normalized spacial score (nSPS) is 21.6. The molecule has 2 N–H and O–H groups in total. The van der Waals surface area contributed by atoms with Gasteiger partial charge in [-0.15, -0.1) is 0 Å². The standard InChI is InChI=1S/C19H28N2O2/c1-13-9-5-7-11-15(13)20-17(22)18(23)21-16-12-8-6-10-14(16)19(2,3)4/h6,8,10,12-13,15H,5,7,9,11H2,1-4H3,(H,20,22)(H,21,23)/t13-,15+/m0/s1. The summed E-state index contributed by atoms with van der Waals surface area (Å²) in [6, 6.07) is 7.75. The fraction of sp³-hybridized carbons (Fsp3) is 0.579. The van der Waals surface area contributed by atoms with Crippen LogP contribution in [0.1, 0.15) is 58.9 Å². The molecule has 1 aromatic carbocycles. The van der Waals surface area contributed by atoms with Gasteiger partial charge in [0.05, 0.1) is 0 Å². The first-order valence-corrected chi connectivity index (χ1v) is 8.50. The molecule has 2 atom stereocenters. The van der Waals surface area contributed by atoms with Gasteiger partial charge in [0.25, 0.3) is 0 Å². The van der Waals surface area contributed by atoms with E-state index < -0.39 is 11.8 Å². The zero-order chi connectivity index (χ0) is 17.0. The third kappa shape index (κ3) is 4.57. The van der Waals surface area contributed by atoms with Gasteiger partial charge in [0.2, 0.25) is 0 Å². The number of para-hydroxylation sites is 1. The number of rotatable bonds is 2. The van der Waals surface area contributed by atoms with Gasteiger partial charge in [-0.1, -0.05) is 58.7 Å². The number of hydrogen-bond donors (Lipinski definition) is 2. The SMILES string of the molecule is C[C@H]1CCCC[C@H]1NC(=O)C(=O)Nc1ccccc1C(C)(C)C. The lowest BCUT2D eigenvalue weighted by atomic mass is 9.85. The number of amides is 2. The lowest BCUT2D eigenvalue weighted by Crippen LogP contribution is -2.45. The lowest BCUT2D eigenvalue weighted by molar-refractivity contribution is -0.137. The van der Waals surface area contributed by atoms with E-state index in [0.29, 0.717) is 11.6 Å². The molecule has 1 saturated carbocycles. The summed E-state index contributed by atoms with van der Waals surface area (Å²) >= 11 is 0. The zero-order valence-corrected chi connectivity index (χ0v) is 14.6. The monoisotopic (exact) mass is 316 g/mol. The molecule has 2 amide bonds. The van der Waals surface area contributed by atoms with Crippen molar-refractivity contribution in [2.75, 3.05) is 5.32 Å². The fourth-order valence-corrected chi connectivity index (χ4v) is 3.19. The summed E-state index contributed by atoms with van der Waals surface area (Å²) in [5, 5.41) is 5.67. The minimum atomic E-state index is -0.584. The van der Waals surface area contributed by atoms with Gasteiger partial charge >= 0.3 is 11.8 Å². The highest BCUT2D eigenvalue weighted by atomic mass is 16.2. The molecule has 0 radical (unpaired) electrons. The van der Waals surface area contributed by atoms with Crippen LogP contribution in [0.2, 0.25) is 0 Å². The molecule has 0 saturated heterocycles. The van der Waals surface area contributed by atoms with Crippen molar-refractivity contribution < 1.29 is 9.59 Å². The molecule has 126 valence electrons. The molecule has 1 fully saturated rings. The van der Waals surface area contributed by atoms with E-state index in [0.717, 1.165) is 24.8 Å². The van der Waals surface area contributed by atoms with E-state index in [1.807, 2.05) is 24.3 Å². The second kappa shape index (κ2) is 7.16. The second-order valence-electron chi connectivity index (χ2n) is 7.59. The van der Waals surface area contributed by atoms with Gasteiger partial charge in [-0.2, -0.15) is 0 Å². The van der Waals surface area contributed by atoms with Crippen molar-refractivity contribution in [3.8, 4) is 0 Å². The van der Waals surface area contributed by atoms with Crippen LogP contribution in [-0.4, -0.2) is 17.9 Å². The van der Waals surface area contributed by atoms with E-state index in [1.165, 1.54) is 6.42 Å². The summed E-state index contributed by atoms with van der Waals surface area (Å²) in [7, 11) is 0. The Morgan fingerprint density at radius 3 is 2.35 bits per heavy atom. The molecule has 0 aliphatic heterocycles. The average molecular weight is 316 g/mol. The quantitative estimate of drug-likeness (QED) is 0.819. The summed E-state index contributed by atoms with van der Waals surface area (Å²) in [6.45, 7) is 8.39. The van der Waals surface area contributed by atoms with Crippen molar-refractivity contribution in [1.82, 2.24) is 5.32 Å². The third-order valence-corrected chi connectivity index (χ3v) is 4.62. The van der Waals surface area contributed by atoms with Crippen LogP contribution in [0.25, 0.3) is 0 Å². The molecular weight excluding hydrogens is 288 g/mol. The molecule has 1 aliphatic carbocycles. The van der Waals surface area contributed by atoms with Crippen molar-refractivity contribution >= 4 is 17.5 Å². The molecule has 23 heavy (non-hydrogen) atoms. The van der Waals surface area contributed by atoms with Crippen LogP contribution >= 0.6 is 0 Å². The average Bonchev–Trinajstić information content (AvgIpc) is 2.49. The maximum absolute atomic E-state index is 12.2. The lowest BCUT2D eigenvalue weighted by Gasteiger charge is -2.29. The predicted molar refractivity (Wildman–Crippen MR) is 93.3 cm³/mol. The zero-order valence-electron chi connectivity index (χ0n) is 14.6. The van der Waals surface area contributed by atoms with Gasteiger partial charge in [0, 0.05) is 11.7 Å². The second-order valence-corrected chi connectivity index (χ2v) is 7.59. The number of nitrogens with one attached hydrogen (secondary N) is 2. The molecule has 2 rings (SSSR count). The highest BCUT2D eigenvalue weighted by Crippen LogP contribution is 2.29. The Morgan fingerprint density at radius 1 is 1.04 bits per heavy atom. The van der Waals surface area contributed by atoms with Crippen LogP contribution in [0.4, 0.5) is 5.69 Å². The highest BCUT2D eigenvalue weighted by molar-refractivity contribution is 6.39. The number of hydrogen-bond acceptors (Lipinski definition) is 2. The van der Waals surface area contributed by atoms with E-state index >= 15 is 0 Å². The Balaban J connectivity index is 2.03. The molecular formula is C19H28N2O2. The Labute approximate surface area is 139 Å². The molecule has 1 aliphatic rings. The fourth-order valence-electron chi connectivity index (χ4n) is 3.19. The Kier molecular flexibility index (Phi) is 5.45. The minimum Gasteiger partial charge on any atom is -0.345 e. The molecule has 0 bridgehead atoms. The minimum absolute atomic E-state index is 0.0990. The third-order valence-electron chi connectivity index (χ3n) is 4.62. The molecule has 1 aromatic rings. The summed E-state index contributed by atoms with van der Waals surface area (Å²) in [5.74, 6) is -0.686. The largest absolute Gasteiger partial charge is 0.345 e. The molecule has 0 aromatic heterocycles. The van der Waals surface area contributed by atoms with Crippen LogP contribution in [0, 0.1) is 5.92 Å². The van der Waals surface area contributed by atoms with Gasteiger partial charge < -0.3 is 10.6 Å². The van der Waals surface area contributed by atoms with Gasteiger partial charge in [0.15, 0.2) is 0 Å². The first-order chi connectivity index (χ1) is 10.8. The number of carbonyl (C=O) groups excluding carboxylic acids is 2. The molecule has 0 heterocycles. The van der Waals surface area contributed by atoms with E-state index in [2.05, 4.69) is 38.3 Å².